The highest BCUT2D eigenvalue weighted by Gasteiger charge is 2.28. The Morgan fingerprint density at radius 1 is 1.21 bits per heavy atom. The predicted molar refractivity (Wildman–Crippen MR) is 103 cm³/mol. The van der Waals surface area contributed by atoms with Crippen LogP contribution in [0, 0.1) is 5.92 Å². The molecule has 2 rings (SSSR count). The summed E-state index contributed by atoms with van der Waals surface area (Å²) in [5, 5.41) is 11.4. The summed E-state index contributed by atoms with van der Waals surface area (Å²) in [4.78, 5) is 37.1. The van der Waals surface area contributed by atoms with Crippen LogP contribution in [-0.2, 0) is 14.4 Å². The van der Waals surface area contributed by atoms with E-state index in [0.29, 0.717) is 37.4 Å². The van der Waals surface area contributed by atoms with Crippen LogP contribution in [0.5, 0.6) is 11.5 Å². The maximum absolute atomic E-state index is 12.5. The normalized spacial score (nSPS) is 15.9. The lowest BCUT2D eigenvalue weighted by Gasteiger charge is -2.31. The number of aliphatic carboxylic acids is 1. The Morgan fingerprint density at radius 3 is 2.46 bits per heavy atom. The number of benzene rings is 1. The van der Waals surface area contributed by atoms with E-state index in [9.17, 15) is 14.4 Å². The van der Waals surface area contributed by atoms with Gasteiger partial charge in [-0.2, -0.15) is 0 Å². The molecule has 1 unspecified atom stereocenters. The van der Waals surface area contributed by atoms with Crippen LogP contribution in [-0.4, -0.2) is 61.1 Å². The van der Waals surface area contributed by atoms with Crippen LogP contribution >= 0.6 is 0 Å². The second-order valence-electron chi connectivity index (χ2n) is 6.58. The van der Waals surface area contributed by atoms with Crippen molar-refractivity contribution in [2.24, 2.45) is 5.92 Å². The van der Waals surface area contributed by atoms with E-state index in [1.165, 1.54) is 20.1 Å². The van der Waals surface area contributed by atoms with Gasteiger partial charge in [0.05, 0.1) is 14.2 Å². The molecule has 1 aromatic carbocycles. The summed E-state index contributed by atoms with van der Waals surface area (Å²) >= 11 is 0. The number of hydrogen-bond donors (Lipinski definition) is 2. The topological polar surface area (TPSA) is 105 Å². The highest BCUT2D eigenvalue weighted by atomic mass is 16.5. The zero-order chi connectivity index (χ0) is 20.7. The quantitative estimate of drug-likeness (QED) is 0.685. The van der Waals surface area contributed by atoms with Crippen molar-refractivity contribution in [3.05, 3.63) is 29.8 Å². The summed E-state index contributed by atoms with van der Waals surface area (Å²) in [6.45, 7) is 2.31. The number of para-hydroxylation sites is 1. The Labute approximate surface area is 164 Å². The molecule has 28 heavy (non-hydrogen) atoms. The largest absolute Gasteiger partial charge is 0.493 e. The molecule has 1 atom stereocenters. The number of carbonyl (C=O) groups excluding carboxylic acids is 2. The summed E-state index contributed by atoms with van der Waals surface area (Å²) in [6.07, 6.45) is 4.15. The highest BCUT2D eigenvalue weighted by Crippen LogP contribution is 2.31. The minimum atomic E-state index is -1.07. The lowest BCUT2D eigenvalue weighted by Crippen LogP contribution is -2.46. The van der Waals surface area contributed by atoms with Crippen LogP contribution in [0.4, 0.5) is 0 Å². The van der Waals surface area contributed by atoms with E-state index in [0.717, 1.165) is 5.56 Å². The van der Waals surface area contributed by atoms with Gasteiger partial charge in [-0.15, -0.1) is 0 Å². The molecule has 2 amide bonds. The molecule has 0 saturated carbocycles. The average molecular weight is 390 g/mol. The summed E-state index contributed by atoms with van der Waals surface area (Å²) in [7, 11) is 3.09. The first kappa shape index (κ1) is 21.3. The molecule has 1 aliphatic heterocycles. The molecule has 152 valence electrons. The van der Waals surface area contributed by atoms with Crippen molar-refractivity contribution in [2.45, 2.75) is 25.8 Å². The Morgan fingerprint density at radius 2 is 1.89 bits per heavy atom. The van der Waals surface area contributed by atoms with Gasteiger partial charge in [-0.25, -0.2) is 0 Å². The molecule has 2 N–H and O–H groups in total. The van der Waals surface area contributed by atoms with Gasteiger partial charge >= 0.3 is 5.97 Å². The molecule has 8 nitrogen and oxygen atoms in total. The van der Waals surface area contributed by atoms with E-state index in [-0.39, 0.29) is 17.7 Å². The van der Waals surface area contributed by atoms with Crippen LogP contribution in [0.15, 0.2) is 24.3 Å². The zero-order valence-corrected chi connectivity index (χ0v) is 16.3. The maximum atomic E-state index is 12.5. The number of carboxylic acid groups (broad SMARTS) is 1. The first-order valence-electron chi connectivity index (χ1n) is 9.08. The number of amides is 2. The number of carboxylic acids is 1. The lowest BCUT2D eigenvalue weighted by molar-refractivity contribution is -0.142. The van der Waals surface area contributed by atoms with Gasteiger partial charge in [0.15, 0.2) is 11.5 Å². The summed E-state index contributed by atoms with van der Waals surface area (Å²) < 4.78 is 10.6. The second kappa shape index (κ2) is 9.77. The fraction of sp³-hybridized carbons (Fsp3) is 0.450. The smallest absolute Gasteiger partial charge is 0.325 e. The second-order valence-corrected chi connectivity index (χ2v) is 6.58. The average Bonchev–Trinajstić information content (AvgIpc) is 2.71. The molecular formula is C20H26N2O6. The molecule has 1 aromatic rings. The molecule has 8 heteroatoms. The molecule has 0 bridgehead atoms. The van der Waals surface area contributed by atoms with E-state index < -0.39 is 12.0 Å². The SMILES string of the molecule is COc1cccc(C=CC(=O)N2CCC(C(=O)NC(C)C(=O)O)CC2)c1OC. The number of piperidine rings is 1. The molecular weight excluding hydrogens is 364 g/mol. The van der Waals surface area contributed by atoms with E-state index >= 15 is 0 Å². The number of carbonyl (C=O) groups is 3. The Balaban J connectivity index is 1.93. The third-order valence-electron chi connectivity index (χ3n) is 4.75. The van der Waals surface area contributed by atoms with Gasteiger partial charge in [-0.3, -0.25) is 14.4 Å². The van der Waals surface area contributed by atoms with E-state index in [1.807, 2.05) is 12.1 Å². The number of rotatable bonds is 7. The van der Waals surface area contributed by atoms with Crippen LogP contribution < -0.4 is 14.8 Å². The summed E-state index contributed by atoms with van der Waals surface area (Å²) in [5.74, 6) is -0.648. The number of methoxy groups -OCH3 is 2. The molecule has 0 aliphatic carbocycles. The van der Waals surface area contributed by atoms with Gasteiger partial charge in [0, 0.05) is 30.6 Å². The summed E-state index contributed by atoms with van der Waals surface area (Å²) in [6, 6.07) is 4.49. The highest BCUT2D eigenvalue weighted by molar-refractivity contribution is 5.92. The van der Waals surface area contributed by atoms with Crippen molar-refractivity contribution in [1.29, 1.82) is 0 Å². The van der Waals surface area contributed by atoms with Crippen molar-refractivity contribution in [1.82, 2.24) is 10.2 Å². The van der Waals surface area contributed by atoms with E-state index in [2.05, 4.69) is 5.32 Å². The van der Waals surface area contributed by atoms with Gasteiger partial charge in [-0.05, 0) is 31.9 Å². The van der Waals surface area contributed by atoms with Crippen LogP contribution in [0.1, 0.15) is 25.3 Å². The first-order valence-corrected chi connectivity index (χ1v) is 9.08. The van der Waals surface area contributed by atoms with E-state index in [1.54, 1.807) is 24.2 Å². The molecule has 0 spiro atoms. The van der Waals surface area contributed by atoms with Crippen molar-refractivity contribution in [3.8, 4) is 11.5 Å². The van der Waals surface area contributed by atoms with Crippen molar-refractivity contribution in [3.63, 3.8) is 0 Å². The third kappa shape index (κ3) is 5.25. The summed E-state index contributed by atoms with van der Waals surface area (Å²) in [5.41, 5.74) is 0.729. The number of nitrogens with zero attached hydrogens (tertiary/aromatic N) is 1. The van der Waals surface area contributed by atoms with Crippen molar-refractivity contribution in [2.75, 3.05) is 27.3 Å². The minimum absolute atomic E-state index is 0.150. The molecule has 1 fully saturated rings. The van der Waals surface area contributed by atoms with Crippen molar-refractivity contribution < 1.29 is 29.0 Å². The maximum Gasteiger partial charge on any atom is 0.325 e. The minimum Gasteiger partial charge on any atom is -0.493 e. The number of likely N-dealkylation sites (tertiary alicyclic amines) is 1. The zero-order valence-electron chi connectivity index (χ0n) is 16.3. The molecule has 1 heterocycles. The standard InChI is InChI=1S/C20H26N2O6/c1-13(20(25)26)21-19(24)15-9-11-22(12-10-15)17(23)8-7-14-5-4-6-16(27-2)18(14)28-3/h4-8,13,15H,9-12H2,1-3H3,(H,21,24)(H,25,26). The lowest BCUT2D eigenvalue weighted by atomic mass is 9.95. The van der Waals surface area contributed by atoms with Crippen LogP contribution in [0.2, 0.25) is 0 Å². The molecule has 0 aromatic heterocycles. The fourth-order valence-electron chi connectivity index (χ4n) is 3.06. The van der Waals surface area contributed by atoms with Crippen LogP contribution in [0.3, 0.4) is 0 Å². The molecule has 1 saturated heterocycles. The Kier molecular flexibility index (Phi) is 7.43. The predicted octanol–water partition coefficient (Wildman–Crippen LogP) is 1.54. The van der Waals surface area contributed by atoms with Gasteiger partial charge in [-0.1, -0.05) is 12.1 Å². The van der Waals surface area contributed by atoms with Gasteiger partial charge in [0.2, 0.25) is 11.8 Å². The fourth-order valence-corrected chi connectivity index (χ4v) is 3.06. The molecule has 1 aliphatic rings. The van der Waals surface area contributed by atoms with Gasteiger partial charge in [0.1, 0.15) is 6.04 Å². The molecule has 0 radical (unpaired) electrons. The van der Waals surface area contributed by atoms with Crippen molar-refractivity contribution >= 4 is 23.9 Å². The Hall–Kier alpha value is -3.03. The third-order valence-corrected chi connectivity index (χ3v) is 4.75. The number of hydrogen-bond acceptors (Lipinski definition) is 5. The Bertz CT molecular complexity index is 753. The number of ether oxygens (including phenoxy) is 2. The first-order chi connectivity index (χ1) is 13.4. The van der Waals surface area contributed by atoms with Crippen LogP contribution in [0.25, 0.3) is 6.08 Å². The monoisotopic (exact) mass is 390 g/mol. The van der Waals surface area contributed by atoms with Gasteiger partial charge in [0.25, 0.3) is 0 Å². The number of nitrogens with one attached hydrogen (secondary N) is 1. The van der Waals surface area contributed by atoms with Gasteiger partial charge < -0.3 is 24.8 Å². The van der Waals surface area contributed by atoms with E-state index in [4.69, 9.17) is 14.6 Å².